The predicted molar refractivity (Wildman–Crippen MR) is 74.1 cm³/mol. The molecule has 0 spiro atoms. The third-order valence-corrected chi connectivity index (χ3v) is 3.88. The fourth-order valence-corrected chi connectivity index (χ4v) is 2.87. The Morgan fingerprint density at radius 1 is 1.56 bits per heavy atom. The smallest absolute Gasteiger partial charge is 0.129 e. The van der Waals surface area contributed by atoms with Gasteiger partial charge in [0.05, 0.1) is 6.61 Å². The second-order valence-electron chi connectivity index (χ2n) is 4.68. The third-order valence-electron chi connectivity index (χ3n) is 3.39. The second-order valence-corrected chi connectivity index (χ2v) is 5.59. The van der Waals surface area contributed by atoms with Gasteiger partial charge in [-0.2, -0.15) is 0 Å². The predicted octanol–water partition coefficient (Wildman–Crippen LogP) is 3.67. The summed E-state index contributed by atoms with van der Waals surface area (Å²) in [6.07, 6.45) is 2.15. The maximum atomic E-state index is 14.1. The first-order chi connectivity index (χ1) is 8.72. The van der Waals surface area contributed by atoms with Gasteiger partial charge in [-0.1, -0.05) is 28.9 Å². The number of hydrogen-bond donors (Lipinski definition) is 1. The van der Waals surface area contributed by atoms with E-state index in [1.54, 1.807) is 0 Å². The SMILES string of the molecule is CCNC(c1ccc(Br)cc1F)C1CCCOC1. The Bertz CT molecular complexity index is 393. The van der Waals surface area contributed by atoms with Crippen LogP contribution >= 0.6 is 15.9 Å². The molecule has 0 radical (unpaired) electrons. The van der Waals surface area contributed by atoms with E-state index in [0.717, 1.165) is 36.0 Å². The van der Waals surface area contributed by atoms with Gasteiger partial charge in [0.15, 0.2) is 0 Å². The van der Waals surface area contributed by atoms with Crippen molar-refractivity contribution in [3.63, 3.8) is 0 Å². The van der Waals surface area contributed by atoms with Crippen LogP contribution in [0.3, 0.4) is 0 Å². The molecule has 2 nitrogen and oxygen atoms in total. The van der Waals surface area contributed by atoms with Gasteiger partial charge in [-0.15, -0.1) is 0 Å². The van der Waals surface area contributed by atoms with E-state index in [-0.39, 0.29) is 11.9 Å². The van der Waals surface area contributed by atoms with Crippen molar-refractivity contribution in [2.45, 2.75) is 25.8 Å². The molecule has 1 fully saturated rings. The Hall–Kier alpha value is -0.450. The molecule has 1 aromatic rings. The molecule has 1 aromatic carbocycles. The molecule has 100 valence electrons. The molecule has 1 saturated heterocycles. The van der Waals surface area contributed by atoms with Gasteiger partial charge in [-0.3, -0.25) is 0 Å². The third kappa shape index (κ3) is 3.31. The average Bonchev–Trinajstić information content (AvgIpc) is 2.38. The van der Waals surface area contributed by atoms with Gasteiger partial charge < -0.3 is 10.1 Å². The Kier molecular flexibility index (Phi) is 5.15. The molecule has 1 heterocycles. The Morgan fingerprint density at radius 2 is 2.39 bits per heavy atom. The summed E-state index contributed by atoms with van der Waals surface area (Å²) in [7, 11) is 0. The number of rotatable bonds is 4. The highest BCUT2D eigenvalue weighted by Crippen LogP contribution is 2.31. The van der Waals surface area contributed by atoms with Crippen molar-refractivity contribution >= 4 is 15.9 Å². The molecule has 0 bridgehead atoms. The van der Waals surface area contributed by atoms with E-state index in [1.165, 1.54) is 6.07 Å². The highest BCUT2D eigenvalue weighted by molar-refractivity contribution is 9.10. The molecule has 2 unspecified atom stereocenters. The van der Waals surface area contributed by atoms with Gasteiger partial charge in [-0.05, 0) is 31.5 Å². The molecule has 0 saturated carbocycles. The van der Waals surface area contributed by atoms with Crippen molar-refractivity contribution in [2.75, 3.05) is 19.8 Å². The molecule has 4 heteroatoms. The van der Waals surface area contributed by atoms with E-state index in [4.69, 9.17) is 4.74 Å². The summed E-state index contributed by atoms with van der Waals surface area (Å²) in [5, 5.41) is 3.39. The van der Waals surface area contributed by atoms with Crippen molar-refractivity contribution in [3.05, 3.63) is 34.1 Å². The lowest BCUT2D eigenvalue weighted by Gasteiger charge is -2.31. The minimum atomic E-state index is -0.152. The van der Waals surface area contributed by atoms with Crippen LogP contribution in [0.15, 0.2) is 22.7 Å². The van der Waals surface area contributed by atoms with Crippen molar-refractivity contribution in [1.29, 1.82) is 0 Å². The van der Waals surface area contributed by atoms with Gasteiger partial charge in [-0.25, -0.2) is 4.39 Å². The monoisotopic (exact) mass is 315 g/mol. The van der Waals surface area contributed by atoms with Gasteiger partial charge in [0.25, 0.3) is 0 Å². The summed E-state index contributed by atoms with van der Waals surface area (Å²) in [5.74, 6) is 0.204. The summed E-state index contributed by atoms with van der Waals surface area (Å²) in [6.45, 7) is 4.43. The first-order valence-electron chi connectivity index (χ1n) is 6.48. The van der Waals surface area contributed by atoms with Crippen molar-refractivity contribution in [3.8, 4) is 0 Å². The van der Waals surface area contributed by atoms with Crippen molar-refractivity contribution < 1.29 is 9.13 Å². The highest BCUT2D eigenvalue weighted by Gasteiger charge is 2.26. The quantitative estimate of drug-likeness (QED) is 0.915. The number of halogens is 2. The molecular weight excluding hydrogens is 297 g/mol. The molecule has 0 aromatic heterocycles. The number of hydrogen-bond acceptors (Lipinski definition) is 2. The zero-order valence-electron chi connectivity index (χ0n) is 10.6. The largest absolute Gasteiger partial charge is 0.381 e. The summed E-state index contributed by atoms with van der Waals surface area (Å²) < 4.78 is 20.4. The highest BCUT2D eigenvalue weighted by atomic mass is 79.9. The molecule has 18 heavy (non-hydrogen) atoms. The Labute approximate surface area is 116 Å². The van der Waals surface area contributed by atoms with Crippen LogP contribution in [0, 0.1) is 11.7 Å². The lowest BCUT2D eigenvalue weighted by atomic mass is 9.88. The molecule has 0 amide bonds. The van der Waals surface area contributed by atoms with Gasteiger partial charge in [0.1, 0.15) is 5.82 Å². The van der Waals surface area contributed by atoms with E-state index < -0.39 is 0 Å². The average molecular weight is 316 g/mol. The normalized spacial score (nSPS) is 21.8. The second kappa shape index (κ2) is 6.64. The number of nitrogens with one attached hydrogen (secondary N) is 1. The van der Waals surface area contributed by atoms with Crippen LogP contribution in [0.5, 0.6) is 0 Å². The van der Waals surface area contributed by atoms with Crippen LogP contribution in [0.25, 0.3) is 0 Å². The van der Waals surface area contributed by atoms with Crippen LogP contribution < -0.4 is 5.32 Å². The Morgan fingerprint density at radius 3 is 3.00 bits per heavy atom. The van der Waals surface area contributed by atoms with Gasteiger partial charge >= 0.3 is 0 Å². The molecule has 1 N–H and O–H groups in total. The molecule has 1 aliphatic heterocycles. The van der Waals surface area contributed by atoms with Crippen LogP contribution in [0.4, 0.5) is 4.39 Å². The van der Waals surface area contributed by atoms with E-state index in [9.17, 15) is 4.39 Å². The molecule has 2 atom stereocenters. The minimum absolute atomic E-state index is 0.0448. The Balaban J connectivity index is 2.22. The summed E-state index contributed by atoms with van der Waals surface area (Å²) >= 11 is 3.30. The van der Waals surface area contributed by atoms with Gasteiger partial charge in [0.2, 0.25) is 0 Å². The van der Waals surface area contributed by atoms with E-state index in [0.29, 0.717) is 12.5 Å². The molecule has 0 aliphatic carbocycles. The van der Waals surface area contributed by atoms with Crippen LogP contribution in [-0.4, -0.2) is 19.8 Å². The first kappa shape index (κ1) is 14.0. The number of ether oxygens (including phenoxy) is 1. The summed E-state index contributed by atoms with van der Waals surface area (Å²) in [4.78, 5) is 0. The minimum Gasteiger partial charge on any atom is -0.381 e. The van der Waals surface area contributed by atoms with E-state index in [2.05, 4.69) is 21.2 Å². The molecule has 1 aliphatic rings. The number of benzene rings is 1. The van der Waals surface area contributed by atoms with Gasteiger partial charge in [0, 0.05) is 28.6 Å². The summed E-state index contributed by atoms with van der Waals surface area (Å²) in [5.41, 5.74) is 0.746. The van der Waals surface area contributed by atoms with Crippen molar-refractivity contribution in [2.24, 2.45) is 5.92 Å². The van der Waals surface area contributed by atoms with Crippen LogP contribution in [-0.2, 0) is 4.74 Å². The first-order valence-corrected chi connectivity index (χ1v) is 7.27. The lowest BCUT2D eigenvalue weighted by molar-refractivity contribution is 0.0387. The zero-order valence-corrected chi connectivity index (χ0v) is 12.2. The summed E-state index contributed by atoms with van der Waals surface area (Å²) in [6, 6.07) is 5.33. The molecular formula is C14H19BrFNO. The fraction of sp³-hybridized carbons (Fsp3) is 0.571. The van der Waals surface area contributed by atoms with E-state index in [1.807, 2.05) is 19.1 Å². The fourth-order valence-electron chi connectivity index (χ4n) is 2.53. The lowest BCUT2D eigenvalue weighted by Crippen LogP contribution is -2.33. The van der Waals surface area contributed by atoms with Crippen LogP contribution in [0.2, 0.25) is 0 Å². The van der Waals surface area contributed by atoms with E-state index >= 15 is 0 Å². The topological polar surface area (TPSA) is 21.3 Å². The van der Waals surface area contributed by atoms with Crippen molar-refractivity contribution in [1.82, 2.24) is 5.32 Å². The van der Waals surface area contributed by atoms with Crippen LogP contribution in [0.1, 0.15) is 31.4 Å². The maximum Gasteiger partial charge on any atom is 0.129 e. The zero-order chi connectivity index (χ0) is 13.0. The maximum absolute atomic E-state index is 14.1. The molecule has 2 rings (SSSR count). The standard InChI is InChI=1S/C14H19BrFNO/c1-2-17-14(10-4-3-7-18-9-10)12-6-5-11(15)8-13(12)16/h5-6,8,10,14,17H,2-4,7,9H2,1H3.